The second kappa shape index (κ2) is 5.06. The fourth-order valence-corrected chi connectivity index (χ4v) is 2.28. The van der Waals surface area contributed by atoms with Crippen molar-refractivity contribution in [2.24, 2.45) is 5.73 Å². The Morgan fingerprint density at radius 1 is 1.53 bits per heavy atom. The number of rotatable bonds is 3. The van der Waals surface area contributed by atoms with Gasteiger partial charge in [0.2, 0.25) is 0 Å². The summed E-state index contributed by atoms with van der Waals surface area (Å²) in [7, 11) is 0. The summed E-state index contributed by atoms with van der Waals surface area (Å²) >= 11 is 0. The van der Waals surface area contributed by atoms with E-state index in [4.69, 9.17) is 19.9 Å². The highest BCUT2D eigenvalue weighted by atomic mass is 16.8. The van der Waals surface area contributed by atoms with Gasteiger partial charge in [0.1, 0.15) is 12.7 Å². The summed E-state index contributed by atoms with van der Waals surface area (Å²) in [5, 5.41) is 0. The van der Waals surface area contributed by atoms with Gasteiger partial charge in [0, 0.05) is 24.6 Å². The minimum atomic E-state index is -0.430. The van der Waals surface area contributed by atoms with Gasteiger partial charge in [-0.25, -0.2) is 4.79 Å². The first kappa shape index (κ1) is 12.4. The molecule has 0 amide bonds. The maximum absolute atomic E-state index is 11.2. The molecule has 2 N–H and O–H groups in total. The minimum Gasteiger partial charge on any atom is -0.460 e. The van der Waals surface area contributed by atoms with Crippen LogP contribution in [0, 0.1) is 0 Å². The predicted octanol–water partition coefficient (Wildman–Crippen LogP) is 1.08. The van der Waals surface area contributed by atoms with Crippen molar-refractivity contribution in [2.75, 3.05) is 13.2 Å². The van der Waals surface area contributed by atoms with Gasteiger partial charge in [-0.3, -0.25) is 0 Å². The molecule has 2 rings (SSSR count). The van der Waals surface area contributed by atoms with Crippen molar-refractivity contribution in [1.82, 2.24) is 0 Å². The van der Waals surface area contributed by atoms with Crippen LogP contribution in [0.4, 0.5) is 0 Å². The molecule has 17 heavy (non-hydrogen) atoms. The number of esters is 1. The van der Waals surface area contributed by atoms with Crippen molar-refractivity contribution < 1.29 is 19.0 Å². The molecule has 1 heterocycles. The Labute approximate surface area is 101 Å². The first-order valence-corrected chi connectivity index (χ1v) is 6.02. The Morgan fingerprint density at radius 2 is 2.24 bits per heavy atom. The molecular formula is C12H19NO4. The summed E-state index contributed by atoms with van der Waals surface area (Å²) in [4.78, 5) is 11.2. The topological polar surface area (TPSA) is 70.8 Å². The lowest BCUT2D eigenvalue weighted by Gasteiger charge is -2.21. The molecule has 0 aromatic heterocycles. The van der Waals surface area contributed by atoms with Crippen LogP contribution in [-0.4, -0.2) is 31.1 Å². The Bertz CT molecular complexity index is 316. The molecule has 5 nitrogen and oxygen atoms in total. The molecule has 1 aliphatic heterocycles. The van der Waals surface area contributed by atoms with Gasteiger partial charge < -0.3 is 19.9 Å². The van der Waals surface area contributed by atoms with Crippen molar-refractivity contribution in [3.05, 3.63) is 11.8 Å². The van der Waals surface area contributed by atoms with Gasteiger partial charge in [-0.1, -0.05) is 0 Å². The molecule has 2 fully saturated rings. The number of nitrogens with two attached hydrogens (primary N) is 1. The molecule has 0 radical (unpaired) electrons. The van der Waals surface area contributed by atoms with E-state index in [0.29, 0.717) is 12.3 Å². The van der Waals surface area contributed by atoms with Crippen LogP contribution >= 0.6 is 0 Å². The van der Waals surface area contributed by atoms with E-state index in [9.17, 15) is 4.79 Å². The van der Waals surface area contributed by atoms with E-state index < -0.39 is 11.8 Å². The fourth-order valence-electron chi connectivity index (χ4n) is 2.28. The SMILES string of the molecule is CC(N)=CC(=O)OCC1COC2(CCCC2)O1. The molecule has 1 atom stereocenters. The summed E-state index contributed by atoms with van der Waals surface area (Å²) in [5.74, 6) is -0.822. The number of hydrogen-bond donors (Lipinski definition) is 1. The van der Waals surface area contributed by atoms with Gasteiger partial charge in [-0.2, -0.15) is 0 Å². The molecule has 1 saturated carbocycles. The molecule has 1 aliphatic carbocycles. The summed E-state index contributed by atoms with van der Waals surface area (Å²) in [6.45, 7) is 2.37. The zero-order chi connectivity index (χ0) is 12.3. The number of ether oxygens (including phenoxy) is 3. The second-order valence-corrected chi connectivity index (χ2v) is 4.69. The third-order valence-electron chi connectivity index (χ3n) is 3.04. The maximum atomic E-state index is 11.2. The molecule has 0 bridgehead atoms. The minimum absolute atomic E-state index is 0.150. The highest BCUT2D eigenvalue weighted by Crippen LogP contribution is 2.39. The van der Waals surface area contributed by atoms with Crippen molar-refractivity contribution in [3.8, 4) is 0 Å². The molecule has 0 aromatic carbocycles. The first-order valence-electron chi connectivity index (χ1n) is 6.02. The first-order chi connectivity index (χ1) is 8.10. The average molecular weight is 241 g/mol. The Balaban J connectivity index is 1.75. The van der Waals surface area contributed by atoms with Crippen molar-refractivity contribution >= 4 is 5.97 Å². The van der Waals surface area contributed by atoms with E-state index in [2.05, 4.69) is 0 Å². The zero-order valence-electron chi connectivity index (χ0n) is 10.1. The molecular weight excluding hydrogens is 222 g/mol. The van der Waals surface area contributed by atoms with E-state index in [1.165, 1.54) is 6.08 Å². The molecule has 1 saturated heterocycles. The summed E-state index contributed by atoms with van der Waals surface area (Å²) in [5.41, 5.74) is 5.81. The number of allylic oxidation sites excluding steroid dienone is 1. The smallest absolute Gasteiger partial charge is 0.332 e. The average Bonchev–Trinajstić information content (AvgIpc) is 2.86. The predicted molar refractivity (Wildman–Crippen MR) is 60.9 cm³/mol. The van der Waals surface area contributed by atoms with Gasteiger partial charge in [0.25, 0.3) is 0 Å². The Morgan fingerprint density at radius 3 is 2.88 bits per heavy atom. The number of hydrogen-bond acceptors (Lipinski definition) is 5. The van der Waals surface area contributed by atoms with E-state index in [0.717, 1.165) is 25.7 Å². The van der Waals surface area contributed by atoms with Gasteiger partial charge in [0.05, 0.1) is 6.61 Å². The van der Waals surface area contributed by atoms with Crippen molar-refractivity contribution in [1.29, 1.82) is 0 Å². The van der Waals surface area contributed by atoms with E-state index in [-0.39, 0.29) is 12.7 Å². The van der Waals surface area contributed by atoms with Crippen LogP contribution in [-0.2, 0) is 19.0 Å². The maximum Gasteiger partial charge on any atom is 0.332 e. The van der Waals surface area contributed by atoms with E-state index >= 15 is 0 Å². The molecule has 2 aliphatic rings. The standard InChI is InChI=1S/C12H19NO4/c1-9(13)6-11(14)15-7-10-8-16-12(17-10)4-2-3-5-12/h6,10H,2-5,7-8,13H2,1H3. The van der Waals surface area contributed by atoms with Crippen molar-refractivity contribution in [3.63, 3.8) is 0 Å². The van der Waals surface area contributed by atoms with Gasteiger partial charge in [-0.05, 0) is 19.8 Å². The third-order valence-corrected chi connectivity index (χ3v) is 3.04. The molecule has 1 spiro atoms. The number of carbonyl (C=O) groups is 1. The van der Waals surface area contributed by atoms with E-state index in [1.54, 1.807) is 6.92 Å². The number of carbonyl (C=O) groups excluding carboxylic acids is 1. The van der Waals surface area contributed by atoms with Crippen LogP contribution in [0.5, 0.6) is 0 Å². The van der Waals surface area contributed by atoms with Crippen LogP contribution in [0.25, 0.3) is 0 Å². The fraction of sp³-hybridized carbons (Fsp3) is 0.750. The van der Waals surface area contributed by atoms with Crippen molar-refractivity contribution in [2.45, 2.75) is 44.5 Å². The lowest BCUT2D eigenvalue weighted by molar-refractivity contribution is -0.170. The summed E-state index contributed by atoms with van der Waals surface area (Å²) < 4.78 is 16.5. The highest BCUT2D eigenvalue weighted by molar-refractivity contribution is 5.82. The quantitative estimate of drug-likeness (QED) is 0.591. The van der Waals surface area contributed by atoms with Crippen LogP contribution in [0.2, 0.25) is 0 Å². The Kier molecular flexibility index (Phi) is 3.69. The lowest BCUT2D eigenvalue weighted by Crippen LogP contribution is -2.28. The molecule has 96 valence electrons. The van der Waals surface area contributed by atoms with E-state index in [1.807, 2.05) is 0 Å². The largest absolute Gasteiger partial charge is 0.460 e. The second-order valence-electron chi connectivity index (χ2n) is 4.69. The molecule has 5 heteroatoms. The lowest BCUT2D eigenvalue weighted by atomic mass is 10.2. The molecule has 0 aromatic rings. The third kappa shape index (κ3) is 3.20. The normalized spacial score (nSPS) is 27.6. The monoisotopic (exact) mass is 241 g/mol. The van der Waals surface area contributed by atoms with Gasteiger partial charge >= 0.3 is 5.97 Å². The van der Waals surface area contributed by atoms with Crippen LogP contribution in [0.1, 0.15) is 32.6 Å². The van der Waals surface area contributed by atoms with Crippen LogP contribution < -0.4 is 5.73 Å². The highest BCUT2D eigenvalue weighted by Gasteiger charge is 2.43. The molecule has 1 unspecified atom stereocenters. The van der Waals surface area contributed by atoms with Crippen LogP contribution in [0.15, 0.2) is 11.8 Å². The summed E-state index contributed by atoms with van der Waals surface area (Å²) in [6, 6.07) is 0. The summed E-state index contributed by atoms with van der Waals surface area (Å²) in [6.07, 6.45) is 5.28. The van der Waals surface area contributed by atoms with Crippen LogP contribution in [0.3, 0.4) is 0 Å². The van der Waals surface area contributed by atoms with Gasteiger partial charge in [0.15, 0.2) is 5.79 Å². The van der Waals surface area contributed by atoms with Gasteiger partial charge in [-0.15, -0.1) is 0 Å². The zero-order valence-corrected chi connectivity index (χ0v) is 10.1. The Hall–Kier alpha value is -1.07.